The van der Waals surface area contributed by atoms with Gasteiger partial charge in [0.15, 0.2) is 11.9 Å². The highest BCUT2D eigenvalue weighted by Gasteiger charge is 2.47. The van der Waals surface area contributed by atoms with Gasteiger partial charge in [0.2, 0.25) is 0 Å². The molecule has 0 spiro atoms. The lowest BCUT2D eigenvalue weighted by Crippen LogP contribution is -2.54. The van der Waals surface area contributed by atoms with Gasteiger partial charge in [0.25, 0.3) is 5.91 Å². The Labute approximate surface area is 155 Å². The first-order chi connectivity index (χ1) is 12.8. The number of halogens is 2. The van der Waals surface area contributed by atoms with Crippen LogP contribution in [0.3, 0.4) is 0 Å². The number of rotatable bonds is 3. The van der Waals surface area contributed by atoms with Crippen LogP contribution in [0.5, 0.6) is 5.75 Å². The van der Waals surface area contributed by atoms with Gasteiger partial charge in [-0.1, -0.05) is 0 Å². The van der Waals surface area contributed by atoms with Crippen molar-refractivity contribution < 1.29 is 18.3 Å². The topological polar surface area (TPSA) is 72.3 Å². The maximum Gasteiger partial charge on any atom is 0.301 e. The Morgan fingerprint density at radius 1 is 1.33 bits per heavy atom. The molecule has 144 valence electrons. The average molecular weight is 377 g/mol. The van der Waals surface area contributed by atoms with Crippen LogP contribution >= 0.6 is 0 Å². The van der Waals surface area contributed by atoms with Crippen molar-refractivity contribution in [1.29, 1.82) is 0 Å². The Kier molecular flexibility index (Phi) is 4.05. The standard InChI is InChI=1S/C18H21F2N5O2/c1-10-11(2)16(23-13-7-21-17(26)15(10)13)25-5-4-14(18(19,20)9-25)27-12-6-22-24(3)8-12/h6,8,14H,4-5,7,9H2,1-3H3,(H,21,26)/t14-/m1/s1. The second kappa shape index (κ2) is 6.17. The normalized spacial score (nSPS) is 21.1. The van der Waals surface area contributed by atoms with Crippen molar-refractivity contribution in [3.63, 3.8) is 0 Å². The van der Waals surface area contributed by atoms with E-state index in [0.717, 1.165) is 11.1 Å². The van der Waals surface area contributed by atoms with Gasteiger partial charge in [0.1, 0.15) is 5.82 Å². The van der Waals surface area contributed by atoms with Gasteiger partial charge in [-0.3, -0.25) is 9.48 Å². The molecule has 4 rings (SSSR count). The summed E-state index contributed by atoms with van der Waals surface area (Å²) in [5.74, 6) is -2.34. The lowest BCUT2D eigenvalue weighted by Gasteiger charge is -2.39. The summed E-state index contributed by atoms with van der Waals surface area (Å²) in [6.07, 6.45) is 1.96. The molecule has 0 aromatic carbocycles. The molecule has 27 heavy (non-hydrogen) atoms. The van der Waals surface area contributed by atoms with Gasteiger partial charge in [0, 0.05) is 20.0 Å². The van der Waals surface area contributed by atoms with E-state index in [1.54, 1.807) is 18.1 Å². The van der Waals surface area contributed by atoms with Gasteiger partial charge in [-0.05, 0) is 25.0 Å². The minimum Gasteiger partial charge on any atom is -0.481 e. The van der Waals surface area contributed by atoms with Gasteiger partial charge in [-0.2, -0.15) is 5.10 Å². The summed E-state index contributed by atoms with van der Waals surface area (Å²) >= 11 is 0. The molecule has 2 aromatic rings. The Morgan fingerprint density at radius 2 is 2.11 bits per heavy atom. The van der Waals surface area contributed by atoms with E-state index < -0.39 is 18.6 Å². The third kappa shape index (κ3) is 3.00. The fraction of sp³-hybridized carbons (Fsp3) is 0.500. The van der Waals surface area contributed by atoms with Crippen molar-refractivity contribution in [2.24, 2.45) is 7.05 Å². The number of hydrogen-bond donors (Lipinski definition) is 1. The molecule has 0 unspecified atom stereocenters. The minimum atomic E-state index is -3.04. The molecule has 4 heterocycles. The number of nitrogens with zero attached hydrogens (tertiary/aromatic N) is 4. The van der Waals surface area contributed by atoms with Crippen LogP contribution in [-0.2, 0) is 13.6 Å². The number of carbonyl (C=O) groups is 1. The van der Waals surface area contributed by atoms with Crippen molar-refractivity contribution in [2.45, 2.75) is 38.8 Å². The second-order valence-electron chi connectivity index (χ2n) is 7.12. The fourth-order valence-corrected chi connectivity index (χ4v) is 3.70. The van der Waals surface area contributed by atoms with Crippen molar-refractivity contribution in [3.05, 3.63) is 34.8 Å². The summed E-state index contributed by atoms with van der Waals surface area (Å²) in [5, 5.41) is 6.69. The summed E-state index contributed by atoms with van der Waals surface area (Å²) < 4.78 is 36.5. The Morgan fingerprint density at radius 3 is 2.78 bits per heavy atom. The van der Waals surface area contributed by atoms with E-state index in [-0.39, 0.29) is 12.3 Å². The molecule has 0 saturated carbocycles. The van der Waals surface area contributed by atoms with E-state index in [9.17, 15) is 13.6 Å². The summed E-state index contributed by atoms with van der Waals surface area (Å²) in [6.45, 7) is 3.90. The lowest BCUT2D eigenvalue weighted by atomic mass is 10.00. The van der Waals surface area contributed by atoms with Crippen LogP contribution in [0, 0.1) is 13.8 Å². The predicted octanol–water partition coefficient (Wildman–Crippen LogP) is 1.97. The molecule has 2 aromatic heterocycles. The summed E-state index contributed by atoms with van der Waals surface area (Å²) in [5.41, 5.74) is 2.74. The zero-order chi connectivity index (χ0) is 19.3. The van der Waals surface area contributed by atoms with Crippen LogP contribution in [0.4, 0.5) is 14.6 Å². The minimum absolute atomic E-state index is 0.154. The molecule has 0 bridgehead atoms. The van der Waals surface area contributed by atoms with Crippen molar-refractivity contribution in [2.75, 3.05) is 18.0 Å². The van der Waals surface area contributed by atoms with Gasteiger partial charge >= 0.3 is 5.92 Å². The molecular formula is C18H21F2N5O2. The van der Waals surface area contributed by atoms with Crippen molar-refractivity contribution in [1.82, 2.24) is 20.1 Å². The Bertz CT molecular complexity index is 911. The highest BCUT2D eigenvalue weighted by molar-refractivity contribution is 5.99. The Hall–Kier alpha value is -2.71. The van der Waals surface area contributed by atoms with Crippen LogP contribution in [-0.4, -0.2) is 45.8 Å². The van der Waals surface area contributed by atoms with Crippen LogP contribution in [0.2, 0.25) is 0 Å². The van der Waals surface area contributed by atoms with Crippen LogP contribution in [0.15, 0.2) is 12.4 Å². The zero-order valence-electron chi connectivity index (χ0n) is 15.4. The monoisotopic (exact) mass is 377 g/mol. The number of alkyl halides is 2. The van der Waals surface area contributed by atoms with Crippen LogP contribution in [0.1, 0.15) is 33.6 Å². The first-order valence-electron chi connectivity index (χ1n) is 8.82. The number of ether oxygens (including phenoxy) is 1. The molecular weight excluding hydrogens is 356 g/mol. The fourth-order valence-electron chi connectivity index (χ4n) is 3.70. The van der Waals surface area contributed by atoms with E-state index in [1.165, 1.54) is 10.9 Å². The largest absolute Gasteiger partial charge is 0.481 e. The average Bonchev–Trinajstić information content (AvgIpc) is 3.18. The highest BCUT2D eigenvalue weighted by atomic mass is 19.3. The third-order valence-corrected chi connectivity index (χ3v) is 5.24. The van der Waals surface area contributed by atoms with E-state index in [4.69, 9.17) is 4.74 Å². The summed E-state index contributed by atoms with van der Waals surface area (Å²) in [6, 6.07) is 0. The van der Waals surface area contributed by atoms with E-state index in [2.05, 4.69) is 15.4 Å². The SMILES string of the molecule is Cc1c(N2CC[C@@H](Oc3cnn(C)c3)C(F)(F)C2)nc2c(c1C)C(=O)NC2. The van der Waals surface area contributed by atoms with Crippen molar-refractivity contribution in [3.8, 4) is 5.75 Å². The molecule has 0 radical (unpaired) electrons. The zero-order valence-corrected chi connectivity index (χ0v) is 15.4. The number of pyridine rings is 1. The molecule has 0 aliphatic carbocycles. The van der Waals surface area contributed by atoms with Crippen molar-refractivity contribution >= 4 is 11.7 Å². The van der Waals surface area contributed by atoms with Gasteiger partial charge in [0.05, 0.1) is 36.7 Å². The molecule has 1 fully saturated rings. The van der Waals surface area contributed by atoms with E-state index in [0.29, 0.717) is 35.9 Å². The van der Waals surface area contributed by atoms with Gasteiger partial charge < -0.3 is 15.0 Å². The number of amides is 1. The number of aromatic nitrogens is 3. The molecule has 1 N–H and O–H groups in total. The predicted molar refractivity (Wildman–Crippen MR) is 94.3 cm³/mol. The molecule has 1 saturated heterocycles. The molecule has 2 aliphatic rings. The number of aryl methyl sites for hydroxylation is 1. The van der Waals surface area contributed by atoms with Gasteiger partial charge in [-0.25, -0.2) is 13.8 Å². The number of carbonyl (C=O) groups excluding carboxylic acids is 1. The number of fused-ring (bicyclic) bond motifs is 1. The summed E-state index contributed by atoms with van der Waals surface area (Å²) in [7, 11) is 1.71. The molecule has 1 atom stereocenters. The van der Waals surface area contributed by atoms with E-state index >= 15 is 0 Å². The number of hydrogen-bond acceptors (Lipinski definition) is 5. The lowest BCUT2D eigenvalue weighted by molar-refractivity contribution is -0.101. The Balaban J connectivity index is 1.57. The first-order valence-corrected chi connectivity index (χ1v) is 8.82. The van der Waals surface area contributed by atoms with Crippen LogP contribution in [0.25, 0.3) is 0 Å². The van der Waals surface area contributed by atoms with Gasteiger partial charge in [-0.15, -0.1) is 0 Å². The first kappa shape index (κ1) is 17.7. The number of piperidine rings is 1. The molecule has 9 heteroatoms. The van der Waals surface area contributed by atoms with Crippen LogP contribution < -0.4 is 15.0 Å². The molecule has 7 nitrogen and oxygen atoms in total. The van der Waals surface area contributed by atoms with E-state index in [1.807, 2.05) is 13.8 Å². The smallest absolute Gasteiger partial charge is 0.301 e. The number of anilines is 1. The second-order valence-corrected chi connectivity index (χ2v) is 7.12. The third-order valence-electron chi connectivity index (χ3n) is 5.24. The maximum absolute atomic E-state index is 14.8. The molecule has 1 amide bonds. The quantitative estimate of drug-likeness (QED) is 0.886. The molecule has 2 aliphatic heterocycles. The summed E-state index contributed by atoms with van der Waals surface area (Å²) in [4.78, 5) is 18.1. The number of nitrogens with one attached hydrogen (secondary N) is 1. The highest BCUT2D eigenvalue weighted by Crippen LogP contribution is 2.35. The maximum atomic E-state index is 14.8.